The molecule has 0 spiro atoms. The summed E-state index contributed by atoms with van der Waals surface area (Å²) in [5.41, 5.74) is 14.6. The molecule has 2 aromatic heterocycles. The molecule has 0 saturated carbocycles. The molecule has 13 nitrogen and oxygen atoms in total. The molecule has 0 aliphatic rings. The summed E-state index contributed by atoms with van der Waals surface area (Å²) in [7, 11) is 9.15. The van der Waals surface area contributed by atoms with Crippen LogP contribution in [0.2, 0.25) is 0 Å². The van der Waals surface area contributed by atoms with Crippen LogP contribution in [-0.2, 0) is 4.74 Å². The lowest BCUT2D eigenvalue weighted by atomic mass is 10.1. The number of carbonyl (C=O) groups excluding carboxylic acids is 2. The summed E-state index contributed by atoms with van der Waals surface area (Å²) < 4.78 is 11.0. The maximum atomic E-state index is 12.9. The summed E-state index contributed by atoms with van der Waals surface area (Å²) in [6, 6.07) is 5.08. The molecule has 0 radical (unpaired) electrons. The number of hydrogen-bond acceptors (Lipinski definition) is 12. The van der Waals surface area contributed by atoms with Crippen LogP contribution in [-0.4, -0.2) is 86.2 Å². The molecular weight excluding hydrogens is 514 g/mol. The number of hydrogen-bond donors (Lipinski definition) is 4. The van der Waals surface area contributed by atoms with Crippen LogP contribution in [0.25, 0.3) is 11.3 Å². The van der Waals surface area contributed by atoms with Crippen LogP contribution in [0.5, 0.6) is 5.75 Å². The Labute approximate surface area is 233 Å². The Hall–Kier alpha value is -4.65. The average Bonchev–Trinajstić information content (AvgIpc) is 2.91. The Morgan fingerprint density at radius 1 is 1.05 bits per heavy atom. The molecule has 40 heavy (non-hydrogen) atoms. The molecule has 13 heteroatoms. The quantitative estimate of drug-likeness (QED) is 0.192. The van der Waals surface area contributed by atoms with E-state index >= 15 is 0 Å². The van der Waals surface area contributed by atoms with Gasteiger partial charge in [0.05, 0.1) is 41.5 Å². The molecule has 6 N–H and O–H groups in total. The van der Waals surface area contributed by atoms with E-state index in [4.69, 9.17) is 20.9 Å². The van der Waals surface area contributed by atoms with E-state index < -0.39 is 11.9 Å². The maximum absolute atomic E-state index is 12.9. The first-order chi connectivity index (χ1) is 18.9. The van der Waals surface area contributed by atoms with Crippen LogP contribution < -0.4 is 31.7 Å². The van der Waals surface area contributed by atoms with Gasteiger partial charge in [0.2, 0.25) is 5.95 Å². The van der Waals surface area contributed by atoms with Crippen molar-refractivity contribution in [3.63, 3.8) is 0 Å². The standard InChI is InChI=1S/C27H37N9O4/c1-15(2)40-26(38)18-14-32-27(34-23(18)16-10-17(24(29)37)25(30-3)31-13-16)33-20-11-19(28)21(12-22(20)39-7)36(6)9-8-35(4)5/h10-15H,8-9,28H2,1-7H3,(H2,29,37)(H,30,31)(H,32,33,34). The number of aromatic nitrogens is 3. The number of ether oxygens (including phenoxy) is 2. The van der Waals surface area contributed by atoms with Gasteiger partial charge in [-0.3, -0.25) is 4.79 Å². The van der Waals surface area contributed by atoms with Crippen molar-refractivity contribution in [3.8, 4) is 17.0 Å². The minimum atomic E-state index is -0.687. The number of methoxy groups -OCH3 is 1. The highest BCUT2D eigenvalue weighted by Crippen LogP contribution is 2.36. The summed E-state index contributed by atoms with van der Waals surface area (Å²) in [5.74, 6) is -0.341. The minimum absolute atomic E-state index is 0.0954. The Morgan fingerprint density at radius 2 is 1.77 bits per heavy atom. The van der Waals surface area contributed by atoms with Gasteiger partial charge in [0.25, 0.3) is 5.91 Å². The molecule has 0 saturated heterocycles. The fourth-order valence-corrected chi connectivity index (χ4v) is 3.84. The van der Waals surface area contributed by atoms with Gasteiger partial charge in [0, 0.05) is 51.2 Å². The van der Waals surface area contributed by atoms with Crippen molar-refractivity contribution in [3.05, 3.63) is 41.7 Å². The number of pyridine rings is 1. The minimum Gasteiger partial charge on any atom is -0.494 e. The first kappa shape index (κ1) is 29.9. The number of nitrogens with one attached hydrogen (secondary N) is 2. The van der Waals surface area contributed by atoms with Gasteiger partial charge < -0.3 is 41.4 Å². The van der Waals surface area contributed by atoms with Gasteiger partial charge in [-0.15, -0.1) is 0 Å². The van der Waals surface area contributed by atoms with E-state index in [9.17, 15) is 9.59 Å². The van der Waals surface area contributed by atoms with E-state index in [1.54, 1.807) is 34.1 Å². The van der Waals surface area contributed by atoms with Gasteiger partial charge in [-0.05, 0) is 40.1 Å². The van der Waals surface area contributed by atoms with Crippen LogP contribution >= 0.6 is 0 Å². The van der Waals surface area contributed by atoms with Gasteiger partial charge in [-0.25, -0.2) is 19.7 Å². The third-order valence-electron chi connectivity index (χ3n) is 5.90. The van der Waals surface area contributed by atoms with E-state index in [-0.39, 0.29) is 28.9 Å². The molecule has 214 valence electrons. The van der Waals surface area contributed by atoms with Crippen molar-refractivity contribution in [1.29, 1.82) is 0 Å². The molecule has 1 aromatic carbocycles. The lowest BCUT2D eigenvalue weighted by Gasteiger charge is -2.24. The zero-order valence-corrected chi connectivity index (χ0v) is 23.9. The van der Waals surface area contributed by atoms with E-state index in [0.29, 0.717) is 28.5 Å². The second-order valence-corrected chi connectivity index (χ2v) is 9.61. The van der Waals surface area contributed by atoms with Crippen molar-refractivity contribution in [2.24, 2.45) is 5.73 Å². The van der Waals surface area contributed by atoms with E-state index in [1.165, 1.54) is 18.5 Å². The predicted octanol–water partition coefficient (Wildman–Crippen LogP) is 2.58. The molecule has 0 aliphatic carbocycles. The number of primary amides is 1. The van der Waals surface area contributed by atoms with Crippen LogP contribution in [0, 0.1) is 0 Å². The summed E-state index contributed by atoms with van der Waals surface area (Å²) in [6.45, 7) is 5.09. The van der Waals surface area contributed by atoms with E-state index in [2.05, 4.69) is 30.5 Å². The van der Waals surface area contributed by atoms with Gasteiger partial charge in [-0.2, -0.15) is 0 Å². The van der Waals surface area contributed by atoms with Crippen molar-refractivity contribution < 1.29 is 19.1 Å². The van der Waals surface area contributed by atoms with Crippen LogP contribution in [0.3, 0.4) is 0 Å². The Bertz CT molecular complexity index is 1380. The summed E-state index contributed by atoms with van der Waals surface area (Å²) in [6.07, 6.45) is 2.46. The second kappa shape index (κ2) is 12.9. The van der Waals surface area contributed by atoms with Crippen molar-refractivity contribution in [2.75, 3.05) is 69.7 Å². The molecule has 0 bridgehead atoms. The number of esters is 1. The lowest BCUT2D eigenvalue weighted by molar-refractivity contribution is 0.0378. The van der Waals surface area contributed by atoms with Crippen molar-refractivity contribution in [2.45, 2.75) is 20.0 Å². The normalized spacial score (nSPS) is 10.9. The monoisotopic (exact) mass is 551 g/mol. The lowest BCUT2D eigenvalue weighted by Crippen LogP contribution is -2.29. The van der Waals surface area contributed by atoms with Crippen LogP contribution in [0.1, 0.15) is 34.6 Å². The smallest absolute Gasteiger partial charge is 0.342 e. The summed E-state index contributed by atoms with van der Waals surface area (Å²) >= 11 is 0. The number of benzene rings is 1. The number of carbonyl (C=O) groups is 2. The number of nitrogens with two attached hydrogens (primary N) is 2. The predicted molar refractivity (Wildman–Crippen MR) is 156 cm³/mol. The maximum Gasteiger partial charge on any atom is 0.342 e. The number of anilines is 5. The fourth-order valence-electron chi connectivity index (χ4n) is 3.84. The van der Waals surface area contributed by atoms with Crippen molar-refractivity contribution >= 4 is 40.7 Å². The second-order valence-electron chi connectivity index (χ2n) is 9.61. The number of nitrogens with zero attached hydrogens (tertiary/aromatic N) is 5. The van der Waals surface area contributed by atoms with Gasteiger partial charge in [0.1, 0.15) is 17.1 Å². The third kappa shape index (κ3) is 7.05. The molecular formula is C27H37N9O4. The van der Waals surface area contributed by atoms with E-state index in [0.717, 1.165) is 18.8 Å². The summed E-state index contributed by atoms with van der Waals surface area (Å²) in [5, 5.41) is 5.95. The molecule has 3 aromatic rings. The molecule has 0 atom stereocenters. The fraction of sp³-hybridized carbons (Fsp3) is 0.370. The summed E-state index contributed by atoms with van der Waals surface area (Å²) in [4.78, 5) is 42.3. The molecule has 2 heterocycles. The van der Waals surface area contributed by atoms with Gasteiger partial charge >= 0.3 is 5.97 Å². The first-order valence-corrected chi connectivity index (χ1v) is 12.6. The average molecular weight is 552 g/mol. The number of rotatable bonds is 12. The molecule has 0 unspecified atom stereocenters. The Kier molecular flexibility index (Phi) is 9.67. The number of nitrogen functional groups attached to an aromatic ring is 1. The molecule has 0 fully saturated rings. The van der Waals surface area contributed by atoms with Crippen LogP contribution in [0.4, 0.5) is 28.8 Å². The van der Waals surface area contributed by atoms with Gasteiger partial charge in [0.15, 0.2) is 0 Å². The largest absolute Gasteiger partial charge is 0.494 e. The zero-order chi connectivity index (χ0) is 29.6. The number of likely N-dealkylation sites (N-methyl/N-ethyl adjacent to an activating group) is 2. The Balaban J connectivity index is 2.07. The zero-order valence-electron chi connectivity index (χ0n) is 23.9. The van der Waals surface area contributed by atoms with Crippen molar-refractivity contribution in [1.82, 2.24) is 19.9 Å². The molecule has 3 rings (SSSR count). The van der Waals surface area contributed by atoms with E-state index in [1.807, 2.05) is 32.1 Å². The highest BCUT2D eigenvalue weighted by Gasteiger charge is 2.22. The number of amides is 1. The SMILES string of the molecule is CNc1ncc(-c2nc(Nc3cc(N)c(N(C)CCN(C)C)cc3OC)ncc2C(=O)OC(C)C)cc1C(N)=O. The topological polar surface area (TPSA) is 174 Å². The first-order valence-electron chi connectivity index (χ1n) is 12.6. The Morgan fingerprint density at radius 3 is 2.38 bits per heavy atom. The van der Waals surface area contributed by atoms with Crippen LogP contribution in [0.15, 0.2) is 30.6 Å². The third-order valence-corrected chi connectivity index (χ3v) is 5.90. The molecule has 1 amide bonds. The highest BCUT2D eigenvalue weighted by molar-refractivity contribution is 6.00. The van der Waals surface area contributed by atoms with Gasteiger partial charge in [-0.1, -0.05) is 0 Å². The molecule has 0 aliphatic heterocycles. The highest BCUT2D eigenvalue weighted by atomic mass is 16.5.